The van der Waals surface area contributed by atoms with Crippen molar-refractivity contribution in [2.45, 2.75) is 19.9 Å². The summed E-state index contributed by atoms with van der Waals surface area (Å²) < 4.78 is 6.95. The second-order valence-corrected chi connectivity index (χ2v) is 5.83. The number of aromatic nitrogens is 1. The van der Waals surface area contributed by atoms with Crippen molar-refractivity contribution >= 4 is 28.4 Å². The first-order valence-electron chi connectivity index (χ1n) is 7.48. The van der Waals surface area contributed by atoms with E-state index < -0.39 is 23.6 Å². The van der Waals surface area contributed by atoms with E-state index in [1.807, 2.05) is 31.2 Å². The first kappa shape index (κ1) is 13.2. The Labute approximate surface area is 126 Å². The minimum Gasteiger partial charge on any atom is -0.459 e. The van der Waals surface area contributed by atoms with Crippen LogP contribution in [0.4, 0.5) is 0 Å². The summed E-state index contributed by atoms with van der Waals surface area (Å²) in [6.07, 6.45) is 0.433. The molecule has 2 aromatic rings. The molecule has 0 N–H and O–H groups in total. The number of benzene rings is 1. The smallest absolute Gasteiger partial charge is 0.374 e. The lowest BCUT2D eigenvalue weighted by Gasteiger charge is -2.32. The number of carbonyl (C=O) groups is 3. The summed E-state index contributed by atoms with van der Waals surface area (Å²) in [5, 5.41) is 0.923. The molecule has 1 aliphatic carbocycles. The maximum absolute atomic E-state index is 12.9. The summed E-state index contributed by atoms with van der Waals surface area (Å²) in [5.41, 5.74) is 2.57. The minimum atomic E-state index is -0.809. The Morgan fingerprint density at radius 3 is 2.68 bits per heavy atom. The van der Waals surface area contributed by atoms with E-state index in [0.717, 1.165) is 23.1 Å². The van der Waals surface area contributed by atoms with Gasteiger partial charge in [-0.15, -0.1) is 0 Å². The van der Waals surface area contributed by atoms with Crippen LogP contribution in [0.15, 0.2) is 24.3 Å². The molecule has 1 aliphatic heterocycles. The zero-order chi connectivity index (χ0) is 15.4. The van der Waals surface area contributed by atoms with E-state index in [2.05, 4.69) is 4.57 Å². The third-order valence-electron chi connectivity index (χ3n) is 4.81. The van der Waals surface area contributed by atoms with Crippen LogP contribution in [0.1, 0.15) is 23.0 Å². The number of para-hydroxylation sites is 1. The zero-order valence-electron chi connectivity index (χ0n) is 12.2. The maximum Gasteiger partial charge on any atom is 0.374 e. The fourth-order valence-corrected chi connectivity index (χ4v) is 3.78. The Morgan fingerprint density at radius 2 is 1.91 bits per heavy atom. The number of Topliss-reactive ketones (excluding diaryl/α,β-unsaturated/α-hetero) is 2. The van der Waals surface area contributed by atoms with Crippen molar-refractivity contribution in [1.82, 2.24) is 4.57 Å². The topological polar surface area (TPSA) is 65.4 Å². The summed E-state index contributed by atoms with van der Waals surface area (Å²) in [5.74, 6) is -2.56. The molecule has 4 rings (SSSR count). The van der Waals surface area contributed by atoms with Crippen LogP contribution in [-0.4, -0.2) is 28.7 Å². The Bertz CT molecular complexity index is 833. The highest BCUT2D eigenvalue weighted by Crippen LogP contribution is 2.39. The molecule has 5 heteroatoms. The van der Waals surface area contributed by atoms with Gasteiger partial charge in [0.05, 0.1) is 5.92 Å². The van der Waals surface area contributed by atoms with E-state index in [0.29, 0.717) is 12.0 Å². The van der Waals surface area contributed by atoms with Crippen LogP contribution in [0.3, 0.4) is 0 Å². The van der Waals surface area contributed by atoms with E-state index in [1.165, 1.54) is 0 Å². The molecule has 5 nitrogen and oxygen atoms in total. The zero-order valence-corrected chi connectivity index (χ0v) is 12.2. The number of hydrogen-bond donors (Lipinski definition) is 0. The van der Waals surface area contributed by atoms with Gasteiger partial charge in [-0.2, -0.15) is 0 Å². The molecule has 1 aromatic carbocycles. The number of esters is 1. The monoisotopic (exact) mass is 297 g/mol. The SMILES string of the molecule is CCn1c2c(c3ccccc31)C(=O)C1COC(=O)C(=O)C1C2. The van der Waals surface area contributed by atoms with Crippen LogP contribution in [0.2, 0.25) is 0 Å². The van der Waals surface area contributed by atoms with E-state index in [-0.39, 0.29) is 12.4 Å². The Kier molecular flexibility index (Phi) is 2.73. The third kappa shape index (κ3) is 1.56. The van der Waals surface area contributed by atoms with Gasteiger partial charge in [-0.3, -0.25) is 9.59 Å². The Morgan fingerprint density at radius 1 is 1.14 bits per heavy atom. The van der Waals surface area contributed by atoms with Gasteiger partial charge in [0, 0.05) is 34.6 Å². The Balaban J connectivity index is 1.96. The number of fused-ring (bicyclic) bond motifs is 4. The van der Waals surface area contributed by atoms with E-state index in [4.69, 9.17) is 4.74 Å². The predicted octanol–water partition coefficient (Wildman–Crippen LogP) is 1.76. The molecule has 1 fully saturated rings. The molecule has 2 heterocycles. The second kappa shape index (κ2) is 4.53. The second-order valence-electron chi connectivity index (χ2n) is 5.83. The lowest BCUT2D eigenvalue weighted by atomic mass is 9.74. The highest BCUT2D eigenvalue weighted by atomic mass is 16.5. The first-order valence-corrected chi connectivity index (χ1v) is 7.48. The van der Waals surface area contributed by atoms with Gasteiger partial charge < -0.3 is 9.30 Å². The summed E-state index contributed by atoms with van der Waals surface area (Å²) in [6, 6.07) is 7.77. The first-order chi connectivity index (χ1) is 10.6. The largest absolute Gasteiger partial charge is 0.459 e. The minimum absolute atomic E-state index is 0.0130. The van der Waals surface area contributed by atoms with Gasteiger partial charge in [0.2, 0.25) is 5.78 Å². The van der Waals surface area contributed by atoms with Gasteiger partial charge in [-0.1, -0.05) is 18.2 Å². The van der Waals surface area contributed by atoms with Crippen molar-refractivity contribution in [1.29, 1.82) is 0 Å². The molecule has 112 valence electrons. The number of cyclic esters (lactones) is 1. The van der Waals surface area contributed by atoms with Crippen LogP contribution in [-0.2, 0) is 27.3 Å². The molecule has 2 unspecified atom stereocenters. The molecule has 0 spiro atoms. The van der Waals surface area contributed by atoms with Gasteiger partial charge in [0.1, 0.15) is 6.61 Å². The van der Waals surface area contributed by atoms with Gasteiger partial charge >= 0.3 is 5.97 Å². The van der Waals surface area contributed by atoms with E-state index in [9.17, 15) is 14.4 Å². The summed E-state index contributed by atoms with van der Waals surface area (Å²) in [7, 11) is 0. The van der Waals surface area contributed by atoms with Crippen molar-refractivity contribution in [3.8, 4) is 0 Å². The third-order valence-corrected chi connectivity index (χ3v) is 4.81. The van der Waals surface area contributed by atoms with Crippen molar-refractivity contribution in [2.24, 2.45) is 11.8 Å². The van der Waals surface area contributed by atoms with Crippen LogP contribution < -0.4 is 0 Å². The van der Waals surface area contributed by atoms with Crippen LogP contribution in [0.25, 0.3) is 10.9 Å². The maximum atomic E-state index is 12.9. The van der Waals surface area contributed by atoms with Gasteiger partial charge in [0.15, 0.2) is 5.78 Å². The quantitative estimate of drug-likeness (QED) is 0.594. The average Bonchev–Trinajstić information content (AvgIpc) is 2.85. The number of aryl methyl sites for hydroxylation is 1. The fraction of sp³-hybridized carbons (Fsp3) is 0.353. The van der Waals surface area contributed by atoms with Crippen molar-refractivity contribution in [3.05, 3.63) is 35.5 Å². The number of ether oxygens (including phenoxy) is 1. The number of nitrogens with zero attached hydrogens (tertiary/aromatic N) is 1. The standard InChI is InChI=1S/C17H15NO4/c1-2-18-12-6-4-3-5-9(12)14-13(18)7-10-11(15(14)19)8-22-17(21)16(10)20/h3-6,10-11H,2,7-8H2,1H3. The molecule has 0 saturated carbocycles. The molecule has 0 amide bonds. The summed E-state index contributed by atoms with van der Waals surface area (Å²) >= 11 is 0. The van der Waals surface area contributed by atoms with Gasteiger partial charge in [0.25, 0.3) is 0 Å². The summed E-state index contributed by atoms with van der Waals surface area (Å²) in [6.45, 7) is 2.75. The van der Waals surface area contributed by atoms with E-state index in [1.54, 1.807) is 0 Å². The van der Waals surface area contributed by atoms with Gasteiger partial charge in [-0.05, 0) is 19.4 Å². The van der Waals surface area contributed by atoms with Crippen LogP contribution in [0.5, 0.6) is 0 Å². The highest BCUT2D eigenvalue weighted by Gasteiger charge is 2.48. The molecule has 1 saturated heterocycles. The lowest BCUT2D eigenvalue weighted by molar-refractivity contribution is -0.162. The molecular weight excluding hydrogens is 282 g/mol. The van der Waals surface area contributed by atoms with Crippen molar-refractivity contribution in [2.75, 3.05) is 6.61 Å². The summed E-state index contributed by atoms with van der Waals surface area (Å²) in [4.78, 5) is 36.5. The van der Waals surface area contributed by atoms with Gasteiger partial charge in [-0.25, -0.2) is 4.79 Å². The molecule has 22 heavy (non-hydrogen) atoms. The number of rotatable bonds is 1. The lowest BCUT2D eigenvalue weighted by Crippen LogP contribution is -2.47. The molecule has 0 bridgehead atoms. The predicted molar refractivity (Wildman–Crippen MR) is 78.6 cm³/mol. The number of ketones is 2. The average molecular weight is 297 g/mol. The number of carbonyl (C=O) groups excluding carboxylic acids is 3. The Hall–Kier alpha value is -2.43. The molecular formula is C17H15NO4. The van der Waals surface area contributed by atoms with Crippen LogP contribution in [0, 0.1) is 11.8 Å². The highest BCUT2D eigenvalue weighted by molar-refractivity contribution is 6.36. The molecule has 1 aromatic heterocycles. The molecule has 2 atom stereocenters. The van der Waals surface area contributed by atoms with Crippen molar-refractivity contribution < 1.29 is 19.1 Å². The number of hydrogen-bond acceptors (Lipinski definition) is 4. The van der Waals surface area contributed by atoms with E-state index >= 15 is 0 Å². The van der Waals surface area contributed by atoms with Crippen LogP contribution >= 0.6 is 0 Å². The molecule has 2 aliphatic rings. The molecule has 0 radical (unpaired) electrons. The fourth-order valence-electron chi connectivity index (χ4n) is 3.78. The van der Waals surface area contributed by atoms with Crippen molar-refractivity contribution in [3.63, 3.8) is 0 Å². The normalized spacial score (nSPS) is 24.1.